The monoisotopic (exact) mass is 201 g/mol. The van der Waals surface area contributed by atoms with Gasteiger partial charge in [-0.2, -0.15) is 0 Å². The van der Waals surface area contributed by atoms with Gasteiger partial charge < -0.3 is 11.5 Å². The Morgan fingerprint density at radius 3 is 2.36 bits per heavy atom. The van der Waals surface area contributed by atoms with Crippen LogP contribution in [0.4, 0.5) is 0 Å². The number of hydrogen-bond donors (Lipinski definition) is 2. The molecule has 84 valence electrons. The fourth-order valence-corrected chi connectivity index (χ4v) is 1.35. The fraction of sp³-hybridized carbons (Fsp3) is 0.900. The zero-order valence-electron chi connectivity index (χ0n) is 9.17. The maximum Gasteiger partial charge on any atom is 0.231 e. The van der Waals surface area contributed by atoms with Crippen LogP contribution in [0.2, 0.25) is 0 Å². The summed E-state index contributed by atoms with van der Waals surface area (Å²) in [5, 5.41) is 0. The van der Waals surface area contributed by atoms with Gasteiger partial charge in [0, 0.05) is 0 Å². The molecule has 14 heavy (non-hydrogen) atoms. The lowest BCUT2D eigenvalue weighted by atomic mass is 10.2. The van der Waals surface area contributed by atoms with Gasteiger partial charge in [0.15, 0.2) is 0 Å². The van der Waals surface area contributed by atoms with E-state index in [-0.39, 0.29) is 5.91 Å². The van der Waals surface area contributed by atoms with Gasteiger partial charge in [-0.1, -0.05) is 13.3 Å². The number of nitrogens with zero attached hydrogens (tertiary/aromatic N) is 1. The van der Waals surface area contributed by atoms with E-state index >= 15 is 0 Å². The largest absolute Gasteiger partial charge is 0.369 e. The van der Waals surface area contributed by atoms with Crippen molar-refractivity contribution in [1.82, 2.24) is 4.90 Å². The van der Waals surface area contributed by atoms with E-state index in [0.29, 0.717) is 6.54 Å². The Labute approximate surface area is 86.6 Å². The highest BCUT2D eigenvalue weighted by Crippen LogP contribution is 1.98. The second-order valence-electron chi connectivity index (χ2n) is 3.59. The van der Waals surface area contributed by atoms with Crippen molar-refractivity contribution >= 4 is 5.91 Å². The second-order valence-corrected chi connectivity index (χ2v) is 3.59. The number of carbonyl (C=O) groups excluding carboxylic acids is 1. The SMILES string of the molecule is CCCCN(CCCCN)CC(N)=O. The molecule has 0 aliphatic rings. The molecule has 0 rings (SSSR count). The summed E-state index contributed by atoms with van der Waals surface area (Å²) >= 11 is 0. The van der Waals surface area contributed by atoms with Gasteiger partial charge >= 0.3 is 0 Å². The zero-order valence-corrected chi connectivity index (χ0v) is 9.17. The van der Waals surface area contributed by atoms with Gasteiger partial charge in [-0.15, -0.1) is 0 Å². The first-order chi connectivity index (χ1) is 6.70. The van der Waals surface area contributed by atoms with Crippen LogP contribution in [0.3, 0.4) is 0 Å². The quantitative estimate of drug-likeness (QED) is 0.527. The summed E-state index contributed by atoms with van der Waals surface area (Å²) in [7, 11) is 0. The van der Waals surface area contributed by atoms with Gasteiger partial charge in [0.25, 0.3) is 0 Å². The number of hydrogen-bond acceptors (Lipinski definition) is 3. The van der Waals surface area contributed by atoms with E-state index in [1.54, 1.807) is 0 Å². The van der Waals surface area contributed by atoms with E-state index in [2.05, 4.69) is 11.8 Å². The molecule has 0 aliphatic carbocycles. The van der Waals surface area contributed by atoms with Crippen LogP contribution in [0, 0.1) is 0 Å². The van der Waals surface area contributed by atoms with Crippen molar-refractivity contribution in [2.75, 3.05) is 26.2 Å². The predicted octanol–water partition coefficient (Wildman–Crippen LogP) is 0.313. The highest BCUT2D eigenvalue weighted by atomic mass is 16.1. The normalized spacial score (nSPS) is 10.8. The molecule has 0 atom stereocenters. The van der Waals surface area contributed by atoms with Crippen molar-refractivity contribution < 1.29 is 4.79 Å². The number of rotatable bonds is 9. The molecular weight excluding hydrogens is 178 g/mol. The molecule has 1 amide bonds. The van der Waals surface area contributed by atoms with Crippen LogP contribution in [0.25, 0.3) is 0 Å². The Morgan fingerprint density at radius 2 is 1.86 bits per heavy atom. The number of nitrogens with two attached hydrogens (primary N) is 2. The molecule has 0 aromatic carbocycles. The van der Waals surface area contributed by atoms with Crippen LogP contribution in [0.15, 0.2) is 0 Å². The van der Waals surface area contributed by atoms with E-state index in [9.17, 15) is 4.79 Å². The lowest BCUT2D eigenvalue weighted by Crippen LogP contribution is -2.35. The molecule has 0 saturated carbocycles. The summed E-state index contributed by atoms with van der Waals surface area (Å²) in [6.45, 7) is 5.13. The molecular formula is C10H23N3O. The lowest BCUT2D eigenvalue weighted by molar-refractivity contribution is -0.119. The molecule has 4 heteroatoms. The highest BCUT2D eigenvalue weighted by Gasteiger charge is 2.06. The summed E-state index contributed by atoms with van der Waals surface area (Å²) in [5.41, 5.74) is 10.6. The first kappa shape index (κ1) is 13.4. The van der Waals surface area contributed by atoms with Gasteiger partial charge in [0.05, 0.1) is 6.54 Å². The molecule has 0 aromatic rings. The highest BCUT2D eigenvalue weighted by molar-refractivity contribution is 5.75. The average molecular weight is 201 g/mol. The third-order valence-corrected chi connectivity index (χ3v) is 2.14. The Hall–Kier alpha value is -0.610. The van der Waals surface area contributed by atoms with Crippen molar-refractivity contribution in [2.45, 2.75) is 32.6 Å². The molecule has 0 radical (unpaired) electrons. The summed E-state index contributed by atoms with van der Waals surface area (Å²) < 4.78 is 0. The molecule has 4 N–H and O–H groups in total. The number of primary amides is 1. The van der Waals surface area contributed by atoms with Crippen molar-refractivity contribution in [3.63, 3.8) is 0 Å². The fourth-order valence-electron chi connectivity index (χ4n) is 1.35. The predicted molar refractivity (Wildman–Crippen MR) is 58.8 cm³/mol. The Balaban J connectivity index is 3.66. The molecule has 0 spiro atoms. The van der Waals surface area contributed by atoms with Gasteiger partial charge in [-0.25, -0.2) is 0 Å². The van der Waals surface area contributed by atoms with Crippen LogP contribution < -0.4 is 11.5 Å². The number of amides is 1. The molecule has 0 heterocycles. The molecule has 0 aliphatic heterocycles. The second kappa shape index (κ2) is 8.97. The minimum atomic E-state index is -0.242. The molecule has 0 saturated heterocycles. The molecule has 0 bridgehead atoms. The van der Waals surface area contributed by atoms with E-state index in [1.807, 2.05) is 0 Å². The minimum absolute atomic E-state index is 0.242. The summed E-state index contributed by atoms with van der Waals surface area (Å²) in [4.78, 5) is 12.9. The Bertz CT molecular complexity index is 150. The van der Waals surface area contributed by atoms with Crippen LogP contribution in [-0.4, -0.2) is 37.0 Å². The zero-order chi connectivity index (χ0) is 10.8. The Kier molecular flexibility index (Phi) is 8.57. The van der Waals surface area contributed by atoms with Crippen LogP contribution in [-0.2, 0) is 4.79 Å². The van der Waals surface area contributed by atoms with Crippen LogP contribution in [0.5, 0.6) is 0 Å². The first-order valence-corrected chi connectivity index (χ1v) is 5.41. The van der Waals surface area contributed by atoms with Crippen molar-refractivity contribution in [3.8, 4) is 0 Å². The van der Waals surface area contributed by atoms with Crippen molar-refractivity contribution in [2.24, 2.45) is 11.5 Å². The summed E-state index contributed by atoms with van der Waals surface area (Å²) in [6, 6.07) is 0. The van der Waals surface area contributed by atoms with Crippen molar-refractivity contribution in [1.29, 1.82) is 0 Å². The lowest BCUT2D eigenvalue weighted by Gasteiger charge is -2.19. The molecule has 4 nitrogen and oxygen atoms in total. The van der Waals surface area contributed by atoms with Gasteiger partial charge in [0.2, 0.25) is 5.91 Å². The van der Waals surface area contributed by atoms with E-state index in [1.165, 1.54) is 0 Å². The molecule has 0 aromatic heterocycles. The number of unbranched alkanes of at least 4 members (excludes halogenated alkanes) is 2. The molecule has 0 fully saturated rings. The summed E-state index contributed by atoms with van der Waals surface area (Å²) in [5.74, 6) is -0.242. The number of carbonyl (C=O) groups is 1. The first-order valence-electron chi connectivity index (χ1n) is 5.41. The average Bonchev–Trinajstić information content (AvgIpc) is 2.13. The maximum atomic E-state index is 10.8. The Morgan fingerprint density at radius 1 is 1.21 bits per heavy atom. The minimum Gasteiger partial charge on any atom is -0.369 e. The standard InChI is InChI=1S/C10H23N3O/c1-2-3-7-13(9-10(12)14)8-5-4-6-11/h2-9,11H2,1H3,(H2,12,14). The van der Waals surface area contributed by atoms with Gasteiger partial charge in [-0.05, 0) is 38.9 Å². The van der Waals surface area contributed by atoms with Crippen LogP contribution >= 0.6 is 0 Å². The third kappa shape index (κ3) is 8.01. The third-order valence-electron chi connectivity index (χ3n) is 2.14. The van der Waals surface area contributed by atoms with E-state index < -0.39 is 0 Å². The smallest absolute Gasteiger partial charge is 0.231 e. The van der Waals surface area contributed by atoms with Gasteiger partial charge in [0.1, 0.15) is 0 Å². The van der Waals surface area contributed by atoms with Crippen LogP contribution in [0.1, 0.15) is 32.6 Å². The molecule has 0 unspecified atom stereocenters. The topological polar surface area (TPSA) is 72.3 Å². The maximum absolute atomic E-state index is 10.8. The van der Waals surface area contributed by atoms with E-state index in [0.717, 1.165) is 45.3 Å². The van der Waals surface area contributed by atoms with E-state index in [4.69, 9.17) is 11.5 Å². The van der Waals surface area contributed by atoms with Crippen molar-refractivity contribution in [3.05, 3.63) is 0 Å². The van der Waals surface area contributed by atoms with Gasteiger partial charge in [-0.3, -0.25) is 9.69 Å². The summed E-state index contributed by atoms with van der Waals surface area (Å²) in [6.07, 6.45) is 4.33.